The van der Waals surface area contributed by atoms with Crippen LogP contribution in [0.4, 0.5) is 0 Å². The molecular formula is C17H11Cl2NO4S2. The van der Waals surface area contributed by atoms with Crippen molar-refractivity contribution in [3.63, 3.8) is 0 Å². The third-order valence-electron chi connectivity index (χ3n) is 3.52. The molecule has 3 rings (SSSR count). The maximum atomic E-state index is 12.4. The van der Waals surface area contributed by atoms with Crippen molar-refractivity contribution in [2.45, 2.75) is 6.42 Å². The van der Waals surface area contributed by atoms with Crippen LogP contribution < -0.4 is 0 Å². The SMILES string of the molecule is O=C(O)CCN1C(=O)/C(=C\c2ccc(-c3cc(Cl)ccc3Cl)o2)SC1=S. The normalized spacial score (nSPS) is 15.9. The van der Waals surface area contributed by atoms with Gasteiger partial charge in [-0.1, -0.05) is 47.2 Å². The van der Waals surface area contributed by atoms with Gasteiger partial charge in [-0.15, -0.1) is 0 Å². The Labute approximate surface area is 168 Å². The Morgan fingerprint density at radius 3 is 2.81 bits per heavy atom. The zero-order valence-electron chi connectivity index (χ0n) is 13.1. The summed E-state index contributed by atoms with van der Waals surface area (Å²) in [4.78, 5) is 24.7. The molecule has 0 aliphatic carbocycles. The predicted octanol–water partition coefficient (Wildman–Crippen LogP) is 4.93. The van der Waals surface area contributed by atoms with Gasteiger partial charge in [-0.05, 0) is 30.3 Å². The van der Waals surface area contributed by atoms with Crippen molar-refractivity contribution in [3.05, 3.63) is 51.0 Å². The van der Waals surface area contributed by atoms with E-state index in [2.05, 4.69) is 0 Å². The quantitative estimate of drug-likeness (QED) is 0.538. The molecule has 0 saturated carbocycles. The average Bonchev–Trinajstić information content (AvgIpc) is 3.14. The topological polar surface area (TPSA) is 70.8 Å². The number of furan rings is 1. The number of hydrogen-bond acceptors (Lipinski definition) is 5. The summed E-state index contributed by atoms with van der Waals surface area (Å²) in [6.07, 6.45) is 1.40. The summed E-state index contributed by atoms with van der Waals surface area (Å²) in [7, 11) is 0. The van der Waals surface area contributed by atoms with Gasteiger partial charge in [0.2, 0.25) is 0 Å². The summed E-state index contributed by atoms with van der Waals surface area (Å²) in [6.45, 7) is 0.0405. The number of nitrogens with zero attached hydrogens (tertiary/aromatic N) is 1. The summed E-state index contributed by atoms with van der Waals surface area (Å²) in [5.41, 5.74) is 0.646. The van der Waals surface area contributed by atoms with Gasteiger partial charge < -0.3 is 9.52 Å². The van der Waals surface area contributed by atoms with E-state index in [-0.39, 0.29) is 18.9 Å². The van der Waals surface area contributed by atoms with Gasteiger partial charge in [-0.3, -0.25) is 14.5 Å². The van der Waals surface area contributed by atoms with Crippen molar-refractivity contribution < 1.29 is 19.1 Å². The van der Waals surface area contributed by atoms with Crippen LogP contribution in [-0.4, -0.2) is 32.7 Å². The molecule has 26 heavy (non-hydrogen) atoms. The van der Waals surface area contributed by atoms with Crippen LogP contribution in [0, 0.1) is 0 Å². The molecule has 2 aromatic rings. The summed E-state index contributed by atoms with van der Waals surface area (Å²) >= 11 is 18.4. The van der Waals surface area contributed by atoms with Crippen LogP contribution in [0.3, 0.4) is 0 Å². The number of carboxylic acid groups (broad SMARTS) is 1. The number of aliphatic carboxylic acids is 1. The molecule has 1 aromatic heterocycles. The van der Waals surface area contributed by atoms with Crippen LogP contribution in [0.25, 0.3) is 17.4 Å². The smallest absolute Gasteiger partial charge is 0.305 e. The fourth-order valence-corrected chi connectivity index (χ4v) is 3.96. The molecule has 0 atom stereocenters. The Hall–Kier alpha value is -1.80. The first-order chi connectivity index (χ1) is 12.3. The molecule has 0 radical (unpaired) electrons. The minimum Gasteiger partial charge on any atom is -0.481 e. The number of rotatable bonds is 5. The van der Waals surface area contributed by atoms with Crippen molar-refractivity contribution in [1.82, 2.24) is 4.90 Å². The minimum absolute atomic E-state index is 0.0405. The van der Waals surface area contributed by atoms with Crippen LogP contribution >= 0.6 is 47.2 Å². The molecule has 2 heterocycles. The molecular weight excluding hydrogens is 417 g/mol. The van der Waals surface area contributed by atoms with Crippen molar-refractivity contribution in [3.8, 4) is 11.3 Å². The second-order valence-corrected chi connectivity index (χ2v) is 7.82. The highest BCUT2D eigenvalue weighted by atomic mass is 35.5. The molecule has 0 spiro atoms. The van der Waals surface area contributed by atoms with Crippen molar-refractivity contribution >= 4 is 69.5 Å². The summed E-state index contributed by atoms with van der Waals surface area (Å²) in [6, 6.07) is 8.48. The van der Waals surface area contributed by atoms with Gasteiger partial charge >= 0.3 is 5.97 Å². The summed E-state index contributed by atoms with van der Waals surface area (Å²) in [5.74, 6) is -0.350. The first-order valence-electron chi connectivity index (χ1n) is 7.37. The number of benzene rings is 1. The van der Waals surface area contributed by atoms with E-state index >= 15 is 0 Å². The van der Waals surface area contributed by atoms with Crippen LogP contribution in [-0.2, 0) is 9.59 Å². The molecule has 1 aromatic carbocycles. The van der Waals surface area contributed by atoms with Gasteiger partial charge in [0.25, 0.3) is 5.91 Å². The molecule has 0 unspecified atom stereocenters. The maximum Gasteiger partial charge on any atom is 0.305 e. The van der Waals surface area contributed by atoms with E-state index in [0.29, 0.717) is 36.4 Å². The molecule has 1 N–H and O–H groups in total. The number of carboxylic acids is 1. The number of thioether (sulfide) groups is 1. The standard InChI is InChI=1S/C17H11Cl2NO4S2/c18-9-1-3-12(19)11(7-9)13-4-2-10(24-13)8-14-16(23)20(17(25)26-14)6-5-15(21)22/h1-4,7-8H,5-6H2,(H,21,22)/b14-8+. The number of halogens is 2. The van der Waals surface area contributed by atoms with E-state index in [9.17, 15) is 9.59 Å². The lowest BCUT2D eigenvalue weighted by Crippen LogP contribution is -2.30. The molecule has 134 valence electrons. The fourth-order valence-electron chi connectivity index (χ4n) is 2.29. The van der Waals surface area contributed by atoms with Crippen molar-refractivity contribution in [1.29, 1.82) is 0 Å². The Morgan fingerprint density at radius 2 is 2.08 bits per heavy atom. The monoisotopic (exact) mass is 427 g/mol. The molecule has 1 saturated heterocycles. The molecule has 1 amide bonds. The molecule has 5 nitrogen and oxygen atoms in total. The lowest BCUT2D eigenvalue weighted by atomic mass is 10.2. The van der Waals surface area contributed by atoms with E-state index in [4.69, 9.17) is 44.9 Å². The highest BCUT2D eigenvalue weighted by Crippen LogP contribution is 2.35. The fraction of sp³-hybridized carbons (Fsp3) is 0.118. The molecule has 0 bridgehead atoms. The molecule has 1 aliphatic heterocycles. The molecule has 1 aliphatic rings. The van der Waals surface area contributed by atoms with Crippen molar-refractivity contribution in [2.24, 2.45) is 0 Å². The van der Waals surface area contributed by atoms with Crippen LogP contribution in [0.15, 0.2) is 39.7 Å². The number of carbonyl (C=O) groups is 2. The Morgan fingerprint density at radius 1 is 1.31 bits per heavy atom. The maximum absolute atomic E-state index is 12.4. The number of carbonyl (C=O) groups excluding carboxylic acids is 1. The van der Waals surface area contributed by atoms with E-state index in [1.807, 2.05) is 0 Å². The summed E-state index contributed by atoms with van der Waals surface area (Å²) in [5, 5.41) is 9.79. The Bertz CT molecular complexity index is 939. The number of thiocarbonyl (C=S) groups is 1. The minimum atomic E-state index is -0.989. The van der Waals surface area contributed by atoms with Gasteiger partial charge in [0, 0.05) is 23.2 Å². The van der Waals surface area contributed by atoms with E-state index in [0.717, 1.165) is 11.8 Å². The zero-order chi connectivity index (χ0) is 18.8. The third kappa shape index (κ3) is 4.12. The molecule has 9 heteroatoms. The Kier molecular flexibility index (Phi) is 5.72. The zero-order valence-corrected chi connectivity index (χ0v) is 16.2. The highest BCUT2D eigenvalue weighted by molar-refractivity contribution is 8.26. The Balaban J connectivity index is 1.82. The van der Waals surface area contributed by atoms with Crippen LogP contribution in [0.5, 0.6) is 0 Å². The lowest BCUT2D eigenvalue weighted by molar-refractivity contribution is -0.137. The highest BCUT2D eigenvalue weighted by Gasteiger charge is 2.32. The lowest BCUT2D eigenvalue weighted by Gasteiger charge is -2.12. The predicted molar refractivity (Wildman–Crippen MR) is 106 cm³/mol. The number of hydrogen-bond donors (Lipinski definition) is 1. The second-order valence-electron chi connectivity index (χ2n) is 5.30. The van der Waals surface area contributed by atoms with E-state index < -0.39 is 5.97 Å². The second kappa shape index (κ2) is 7.84. The molecule has 1 fully saturated rings. The van der Waals surface area contributed by atoms with E-state index in [1.54, 1.807) is 36.4 Å². The van der Waals surface area contributed by atoms with E-state index in [1.165, 1.54) is 4.90 Å². The largest absolute Gasteiger partial charge is 0.481 e. The first kappa shape index (κ1) is 19.0. The van der Waals surface area contributed by atoms with Gasteiger partial charge in [-0.2, -0.15) is 0 Å². The van der Waals surface area contributed by atoms with Crippen LogP contribution in [0.2, 0.25) is 10.0 Å². The van der Waals surface area contributed by atoms with Gasteiger partial charge in [0.15, 0.2) is 0 Å². The summed E-state index contributed by atoms with van der Waals surface area (Å²) < 4.78 is 6.07. The van der Waals surface area contributed by atoms with Crippen LogP contribution in [0.1, 0.15) is 12.2 Å². The average molecular weight is 428 g/mol. The van der Waals surface area contributed by atoms with Crippen molar-refractivity contribution in [2.75, 3.05) is 6.54 Å². The van der Waals surface area contributed by atoms with Gasteiger partial charge in [0.05, 0.1) is 16.3 Å². The first-order valence-corrected chi connectivity index (χ1v) is 9.35. The third-order valence-corrected chi connectivity index (χ3v) is 5.46. The number of amides is 1. The van der Waals surface area contributed by atoms with Gasteiger partial charge in [0.1, 0.15) is 15.8 Å². The van der Waals surface area contributed by atoms with Gasteiger partial charge in [-0.25, -0.2) is 0 Å².